The van der Waals surface area contributed by atoms with Crippen LogP contribution >= 0.6 is 0 Å². The van der Waals surface area contributed by atoms with E-state index >= 15 is 0 Å². The molecule has 4 atom stereocenters. The average Bonchev–Trinajstić information content (AvgIpc) is 3.29. The summed E-state index contributed by atoms with van der Waals surface area (Å²) in [5.74, 6) is -1.91. The highest BCUT2D eigenvalue weighted by Gasteiger charge is 2.32. The van der Waals surface area contributed by atoms with Crippen molar-refractivity contribution in [2.45, 2.75) is 55.1 Å². The highest BCUT2D eigenvalue weighted by atomic mass is 32.2. The zero-order chi connectivity index (χ0) is 23.7. The third-order valence-electron chi connectivity index (χ3n) is 5.23. The van der Waals surface area contributed by atoms with E-state index in [0.717, 1.165) is 32.4 Å². The molecule has 0 bridgehead atoms. The smallest absolute Gasteiger partial charge is 0.323 e. The molecule has 1 amide bonds. The molecule has 1 saturated heterocycles. The van der Waals surface area contributed by atoms with Crippen molar-refractivity contribution in [1.82, 2.24) is 26.2 Å². The lowest BCUT2D eigenvalue weighted by Crippen LogP contribution is -2.49. The van der Waals surface area contributed by atoms with Gasteiger partial charge in [-0.3, -0.25) is 30.1 Å². The maximum Gasteiger partial charge on any atom is 0.323 e. The van der Waals surface area contributed by atoms with Gasteiger partial charge in [-0.05, 0) is 37.9 Å². The standard InChI is InChI=1S/C20H30N6O6S/c27-18(17-12-14(25-32-17)6-4-9-21-20-22-10-5-11-23-20)24-13-16(19(28)29)26-33(30,31)15-7-2-1-3-8-15/h1-3,7-8,10,14,16-17,20-21,23,25-26H,4-6,9,11-13H2,(H,24,27)(H,28,29). The summed E-state index contributed by atoms with van der Waals surface area (Å²) in [4.78, 5) is 33.5. The number of nitrogens with zero attached hydrogens (tertiary/aromatic N) is 1. The van der Waals surface area contributed by atoms with Gasteiger partial charge in [0.05, 0.1) is 4.90 Å². The summed E-state index contributed by atoms with van der Waals surface area (Å²) in [7, 11) is -4.05. The molecule has 0 saturated carbocycles. The molecule has 182 valence electrons. The Bertz CT molecular complexity index is 928. The molecule has 1 aromatic rings. The number of rotatable bonds is 12. The monoisotopic (exact) mass is 482 g/mol. The van der Waals surface area contributed by atoms with Crippen LogP contribution in [0.1, 0.15) is 25.7 Å². The average molecular weight is 483 g/mol. The number of nitrogens with one attached hydrogen (secondary N) is 5. The molecule has 3 rings (SSSR count). The number of amides is 1. The Balaban J connectivity index is 1.39. The predicted octanol–water partition coefficient (Wildman–Crippen LogP) is -1.09. The van der Waals surface area contributed by atoms with Crippen molar-refractivity contribution in [3.63, 3.8) is 0 Å². The van der Waals surface area contributed by atoms with Gasteiger partial charge in [-0.25, -0.2) is 8.42 Å². The second-order valence-corrected chi connectivity index (χ2v) is 9.51. The Labute approximate surface area is 192 Å². The first kappa shape index (κ1) is 25.2. The molecule has 4 unspecified atom stereocenters. The summed E-state index contributed by atoms with van der Waals surface area (Å²) < 4.78 is 26.9. The minimum absolute atomic E-state index is 0.0165. The molecule has 0 aromatic heterocycles. The van der Waals surface area contributed by atoms with E-state index < -0.39 is 40.6 Å². The summed E-state index contributed by atoms with van der Waals surface area (Å²) >= 11 is 0. The van der Waals surface area contributed by atoms with Crippen LogP contribution in [0.4, 0.5) is 0 Å². The molecule has 33 heavy (non-hydrogen) atoms. The Morgan fingerprint density at radius 2 is 2.06 bits per heavy atom. The maximum absolute atomic E-state index is 12.4. The molecule has 13 heteroatoms. The van der Waals surface area contributed by atoms with Gasteiger partial charge in [-0.2, -0.15) is 10.2 Å². The van der Waals surface area contributed by atoms with Gasteiger partial charge >= 0.3 is 5.97 Å². The van der Waals surface area contributed by atoms with Gasteiger partial charge < -0.3 is 10.4 Å². The van der Waals surface area contributed by atoms with Gasteiger partial charge in [0.1, 0.15) is 6.04 Å². The summed E-state index contributed by atoms with van der Waals surface area (Å²) in [5.41, 5.74) is 2.83. The van der Waals surface area contributed by atoms with Gasteiger partial charge in [-0.1, -0.05) is 18.2 Å². The number of benzene rings is 1. The van der Waals surface area contributed by atoms with E-state index in [1.165, 1.54) is 24.3 Å². The lowest BCUT2D eigenvalue weighted by Gasteiger charge is -2.19. The molecule has 0 aliphatic carbocycles. The molecule has 1 aromatic carbocycles. The largest absolute Gasteiger partial charge is 0.480 e. The highest BCUT2D eigenvalue weighted by Crippen LogP contribution is 2.15. The molecular weight excluding hydrogens is 452 g/mol. The zero-order valence-corrected chi connectivity index (χ0v) is 18.9. The van der Waals surface area contributed by atoms with Crippen molar-refractivity contribution >= 4 is 28.1 Å². The molecule has 2 aliphatic heterocycles. The van der Waals surface area contributed by atoms with Crippen LogP contribution in [0.15, 0.2) is 40.2 Å². The maximum atomic E-state index is 12.4. The van der Waals surface area contributed by atoms with Crippen molar-refractivity contribution in [3.05, 3.63) is 30.3 Å². The second kappa shape index (κ2) is 12.2. The number of sulfonamides is 1. The first-order chi connectivity index (χ1) is 15.8. The Morgan fingerprint density at radius 3 is 2.76 bits per heavy atom. The number of carboxylic acid groups (broad SMARTS) is 1. The van der Waals surface area contributed by atoms with E-state index in [1.807, 2.05) is 6.21 Å². The van der Waals surface area contributed by atoms with Gasteiger partial charge in [0.25, 0.3) is 5.91 Å². The predicted molar refractivity (Wildman–Crippen MR) is 120 cm³/mol. The van der Waals surface area contributed by atoms with E-state index in [2.05, 4.69) is 31.1 Å². The second-order valence-electron chi connectivity index (χ2n) is 7.80. The molecule has 1 fully saturated rings. The molecule has 0 spiro atoms. The van der Waals surface area contributed by atoms with Crippen molar-refractivity contribution in [2.75, 3.05) is 19.6 Å². The van der Waals surface area contributed by atoms with E-state index in [0.29, 0.717) is 6.42 Å². The van der Waals surface area contributed by atoms with Crippen LogP contribution in [0, 0.1) is 0 Å². The zero-order valence-electron chi connectivity index (χ0n) is 18.1. The van der Waals surface area contributed by atoms with Gasteiger partial charge in [0.15, 0.2) is 12.4 Å². The number of aliphatic imine (C=N–C) groups is 1. The summed E-state index contributed by atoms with van der Waals surface area (Å²) in [6.07, 6.45) is 4.04. The Hall–Kier alpha value is -2.42. The van der Waals surface area contributed by atoms with E-state index in [9.17, 15) is 23.1 Å². The lowest BCUT2D eigenvalue weighted by molar-refractivity contribution is -0.139. The molecule has 2 aliphatic rings. The fourth-order valence-electron chi connectivity index (χ4n) is 3.45. The molecular formula is C20H30N6O6S. The molecule has 0 radical (unpaired) electrons. The number of carbonyl (C=O) groups is 2. The minimum Gasteiger partial charge on any atom is -0.480 e. The van der Waals surface area contributed by atoms with Crippen LogP contribution in [-0.4, -0.2) is 75.7 Å². The van der Waals surface area contributed by atoms with Crippen molar-refractivity contribution in [3.8, 4) is 0 Å². The third kappa shape index (κ3) is 7.84. The van der Waals surface area contributed by atoms with Gasteiger partial charge in [0.2, 0.25) is 10.0 Å². The van der Waals surface area contributed by atoms with Gasteiger partial charge in [-0.15, -0.1) is 0 Å². The van der Waals surface area contributed by atoms with E-state index in [1.54, 1.807) is 6.07 Å². The summed E-state index contributed by atoms with van der Waals surface area (Å²) in [6.45, 7) is 1.24. The normalized spacial score (nSPS) is 23.8. The third-order valence-corrected chi connectivity index (χ3v) is 6.72. The molecule has 12 nitrogen and oxygen atoms in total. The summed E-state index contributed by atoms with van der Waals surface area (Å²) in [5, 5.41) is 18.4. The molecule has 2 heterocycles. The van der Waals surface area contributed by atoms with Crippen LogP contribution in [0.2, 0.25) is 0 Å². The van der Waals surface area contributed by atoms with Crippen LogP contribution in [0.3, 0.4) is 0 Å². The van der Waals surface area contributed by atoms with E-state index in [-0.39, 0.29) is 17.2 Å². The number of hydrogen-bond donors (Lipinski definition) is 6. The lowest BCUT2D eigenvalue weighted by atomic mass is 10.1. The van der Waals surface area contributed by atoms with Crippen molar-refractivity contribution in [2.24, 2.45) is 4.99 Å². The van der Waals surface area contributed by atoms with Crippen molar-refractivity contribution < 1.29 is 28.0 Å². The SMILES string of the molecule is O=C(O)C(CNC(=O)C1CC(CCCNC2N=CCCN2)NO1)NS(=O)(=O)c1ccccc1. The molecule has 6 N–H and O–H groups in total. The summed E-state index contributed by atoms with van der Waals surface area (Å²) in [6, 6.07) is 5.88. The number of hydroxylamine groups is 1. The fraction of sp³-hybridized carbons (Fsp3) is 0.550. The quantitative estimate of drug-likeness (QED) is 0.203. The number of aliphatic carboxylic acids is 1. The van der Waals surface area contributed by atoms with Crippen LogP contribution in [-0.2, 0) is 24.4 Å². The van der Waals surface area contributed by atoms with Gasteiger partial charge in [0, 0.05) is 31.8 Å². The van der Waals surface area contributed by atoms with E-state index in [4.69, 9.17) is 4.84 Å². The topological polar surface area (TPSA) is 170 Å². The first-order valence-corrected chi connectivity index (χ1v) is 12.3. The van der Waals surface area contributed by atoms with Crippen LogP contribution in [0.25, 0.3) is 0 Å². The van der Waals surface area contributed by atoms with Crippen LogP contribution in [0.5, 0.6) is 0 Å². The number of hydrogen-bond acceptors (Lipinski definition) is 9. The Kier molecular flexibility index (Phi) is 9.29. The first-order valence-electron chi connectivity index (χ1n) is 10.8. The highest BCUT2D eigenvalue weighted by molar-refractivity contribution is 7.89. The minimum atomic E-state index is -4.05. The number of carbonyl (C=O) groups excluding carboxylic acids is 1. The fourth-order valence-corrected chi connectivity index (χ4v) is 4.66. The van der Waals surface area contributed by atoms with Crippen molar-refractivity contribution in [1.29, 1.82) is 0 Å². The Morgan fingerprint density at radius 1 is 1.27 bits per heavy atom. The van der Waals surface area contributed by atoms with Crippen LogP contribution < -0.4 is 26.2 Å². The number of carboxylic acids is 1.